The molecule has 166 valence electrons. The topological polar surface area (TPSA) is 55.1 Å². The number of fused-ring (bicyclic) bond motifs is 1. The summed E-state index contributed by atoms with van der Waals surface area (Å²) in [5.74, 6) is 0.417. The molecule has 0 saturated carbocycles. The number of rotatable bonds is 7. The number of imidazole rings is 1. The summed E-state index contributed by atoms with van der Waals surface area (Å²) >= 11 is 0. The van der Waals surface area contributed by atoms with Crippen molar-refractivity contribution in [3.05, 3.63) is 108 Å². The Kier molecular flexibility index (Phi) is 6.45. The summed E-state index contributed by atoms with van der Waals surface area (Å²) < 4.78 is 15.3. The lowest BCUT2D eigenvalue weighted by Crippen LogP contribution is -2.07. The summed E-state index contributed by atoms with van der Waals surface area (Å²) in [4.78, 5) is 13.3. The molecule has 0 saturated heterocycles. The molecule has 0 aliphatic rings. The van der Waals surface area contributed by atoms with E-state index in [4.69, 9.17) is 0 Å². The number of nitrogens with zero attached hydrogens (tertiary/aromatic N) is 4. The van der Waals surface area contributed by atoms with E-state index in [1.165, 1.54) is 12.1 Å². The highest BCUT2D eigenvalue weighted by atomic mass is 19.1. The molecule has 5 nitrogen and oxygen atoms in total. The molecule has 4 rings (SSSR count). The Labute approximate surface area is 193 Å². The first kappa shape index (κ1) is 22.1. The SMILES string of the molecule is C=C(/C(C)=C\C(=C/C)CNc1nccn2c(-c3ccc(F)cc3)cnc12)c1ccnc(C)c1. The zero-order valence-corrected chi connectivity index (χ0v) is 19.0. The molecule has 0 unspecified atom stereocenters. The van der Waals surface area contributed by atoms with Gasteiger partial charge in [-0.15, -0.1) is 0 Å². The van der Waals surface area contributed by atoms with Crippen LogP contribution < -0.4 is 5.32 Å². The predicted octanol–water partition coefficient (Wildman–Crippen LogP) is 6.26. The molecule has 0 fully saturated rings. The van der Waals surface area contributed by atoms with Gasteiger partial charge in [-0.3, -0.25) is 9.38 Å². The summed E-state index contributed by atoms with van der Waals surface area (Å²) in [5.41, 5.74) is 7.67. The van der Waals surface area contributed by atoms with Gasteiger partial charge in [-0.05, 0) is 79.5 Å². The molecule has 0 amide bonds. The molecule has 3 heterocycles. The number of anilines is 1. The molecule has 1 aromatic carbocycles. The zero-order chi connectivity index (χ0) is 23.4. The monoisotopic (exact) mass is 439 g/mol. The first-order chi connectivity index (χ1) is 16.0. The smallest absolute Gasteiger partial charge is 0.180 e. The Morgan fingerprint density at radius 3 is 2.64 bits per heavy atom. The van der Waals surface area contributed by atoms with Gasteiger partial charge in [0, 0.05) is 36.4 Å². The first-order valence-electron chi connectivity index (χ1n) is 10.7. The third kappa shape index (κ3) is 4.90. The second-order valence-corrected chi connectivity index (χ2v) is 7.83. The van der Waals surface area contributed by atoms with Gasteiger partial charge in [0.25, 0.3) is 0 Å². The summed E-state index contributed by atoms with van der Waals surface area (Å²) in [7, 11) is 0. The number of nitrogens with one attached hydrogen (secondary N) is 1. The van der Waals surface area contributed by atoms with Crippen molar-refractivity contribution < 1.29 is 4.39 Å². The van der Waals surface area contributed by atoms with E-state index in [9.17, 15) is 4.39 Å². The second kappa shape index (κ2) is 9.61. The van der Waals surface area contributed by atoms with Crippen LogP contribution in [0.5, 0.6) is 0 Å². The van der Waals surface area contributed by atoms with Crippen LogP contribution in [0.4, 0.5) is 10.2 Å². The maximum absolute atomic E-state index is 13.3. The van der Waals surface area contributed by atoms with Crippen molar-refractivity contribution in [2.45, 2.75) is 20.8 Å². The van der Waals surface area contributed by atoms with E-state index in [2.05, 4.69) is 45.9 Å². The average Bonchev–Trinajstić information content (AvgIpc) is 3.26. The minimum absolute atomic E-state index is 0.263. The van der Waals surface area contributed by atoms with Crippen molar-refractivity contribution >= 4 is 17.0 Å². The number of halogens is 1. The molecule has 0 aliphatic heterocycles. The Bertz CT molecular complexity index is 1360. The number of allylic oxidation sites excluding steroid dienone is 3. The van der Waals surface area contributed by atoms with Crippen LogP contribution in [0.15, 0.2) is 91.1 Å². The van der Waals surface area contributed by atoms with Crippen LogP contribution in [0.2, 0.25) is 0 Å². The molecular formula is C27H26FN5. The fourth-order valence-corrected chi connectivity index (χ4v) is 3.63. The number of aromatic nitrogens is 4. The van der Waals surface area contributed by atoms with E-state index >= 15 is 0 Å². The highest BCUT2D eigenvalue weighted by Crippen LogP contribution is 2.25. The molecule has 0 spiro atoms. The molecular weight excluding hydrogens is 413 g/mol. The second-order valence-electron chi connectivity index (χ2n) is 7.83. The zero-order valence-electron chi connectivity index (χ0n) is 19.0. The third-order valence-electron chi connectivity index (χ3n) is 5.52. The minimum Gasteiger partial charge on any atom is -0.363 e. The van der Waals surface area contributed by atoms with Gasteiger partial charge < -0.3 is 5.32 Å². The lowest BCUT2D eigenvalue weighted by molar-refractivity contribution is 0.628. The molecule has 4 aromatic rings. The Morgan fingerprint density at radius 2 is 1.91 bits per heavy atom. The molecule has 1 N–H and O–H groups in total. The van der Waals surface area contributed by atoms with Gasteiger partial charge >= 0.3 is 0 Å². The van der Waals surface area contributed by atoms with Crippen molar-refractivity contribution in [2.75, 3.05) is 11.9 Å². The number of hydrogen-bond acceptors (Lipinski definition) is 4. The number of hydrogen-bond donors (Lipinski definition) is 1. The highest BCUT2D eigenvalue weighted by Gasteiger charge is 2.11. The maximum Gasteiger partial charge on any atom is 0.180 e. The van der Waals surface area contributed by atoms with Crippen LogP contribution in [0, 0.1) is 12.7 Å². The van der Waals surface area contributed by atoms with Crippen LogP contribution in [-0.2, 0) is 0 Å². The molecule has 0 radical (unpaired) electrons. The lowest BCUT2D eigenvalue weighted by Gasteiger charge is -2.11. The molecule has 3 aromatic heterocycles. The number of pyridine rings is 1. The van der Waals surface area contributed by atoms with Gasteiger partial charge in [-0.1, -0.05) is 18.7 Å². The minimum atomic E-state index is -0.263. The van der Waals surface area contributed by atoms with E-state index < -0.39 is 0 Å². The number of benzene rings is 1. The fraction of sp³-hybridized carbons (Fsp3) is 0.148. The Balaban J connectivity index is 1.53. The van der Waals surface area contributed by atoms with Gasteiger partial charge in [0.1, 0.15) is 5.82 Å². The van der Waals surface area contributed by atoms with Crippen molar-refractivity contribution in [2.24, 2.45) is 0 Å². The van der Waals surface area contributed by atoms with Crippen LogP contribution in [-0.4, -0.2) is 25.9 Å². The van der Waals surface area contributed by atoms with E-state index in [1.54, 1.807) is 30.7 Å². The lowest BCUT2D eigenvalue weighted by atomic mass is 9.99. The molecule has 33 heavy (non-hydrogen) atoms. The normalized spacial score (nSPS) is 12.2. The standard InChI is InChI=1S/C27H26FN5/c1-5-21(14-18(2)20(4)23-10-11-29-19(3)15-23)16-31-26-27-32-17-25(33(27)13-12-30-26)22-6-8-24(28)9-7-22/h5-15,17H,4,16H2,1-3H3,(H,30,31)/b18-14-,21-5+. The third-order valence-corrected chi connectivity index (χ3v) is 5.52. The van der Waals surface area contributed by atoms with Gasteiger partial charge in [0.2, 0.25) is 0 Å². The van der Waals surface area contributed by atoms with Crippen LogP contribution in [0.25, 0.3) is 22.5 Å². The van der Waals surface area contributed by atoms with Gasteiger partial charge in [-0.2, -0.15) is 0 Å². The largest absolute Gasteiger partial charge is 0.363 e. The van der Waals surface area contributed by atoms with Crippen LogP contribution in [0.1, 0.15) is 25.1 Å². The quantitative estimate of drug-likeness (QED) is 0.346. The van der Waals surface area contributed by atoms with E-state index in [0.717, 1.165) is 39.2 Å². The van der Waals surface area contributed by atoms with Gasteiger partial charge in [-0.25, -0.2) is 14.4 Å². The summed E-state index contributed by atoms with van der Waals surface area (Å²) in [6.45, 7) is 10.9. The van der Waals surface area contributed by atoms with Crippen molar-refractivity contribution in [1.29, 1.82) is 0 Å². The predicted molar refractivity (Wildman–Crippen MR) is 132 cm³/mol. The Morgan fingerprint density at radius 1 is 1.12 bits per heavy atom. The highest BCUT2D eigenvalue weighted by molar-refractivity contribution is 5.77. The van der Waals surface area contributed by atoms with Gasteiger partial charge in [0.05, 0.1) is 11.9 Å². The van der Waals surface area contributed by atoms with Crippen molar-refractivity contribution in [3.63, 3.8) is 0 Å². The van der Waals surface area contributed by atoms with Crippen molar-refractivity contribution in [1.82, 2.24) is 19.4 Å². The summed E-state index contributed by atoms with van der Waals surface area (Å²) in [5, 5.41) is 3.40. The molecule has 0 atom stereocenters. The molecule has 0 aliphatic carbocycles. The van der Waals surface area contributed by atoms with E-state index in [1.807, 2.05) is 36.6 Å². The van der Waals surface area contributed by atoms with Gasteiger partial charge in [0.15, 0.2) is 11.5 Å². The first-order valence-corrected chi connectivity index (χ1v) is 10.7. The maximum atomic E-state index is 13.3. The van der Waals surface area contributed by atoms with E-state index in [0.29, 0.717) is 18.0 Å². The summed E-state index contributed by atoms with van der Waals surface area (Å²) in [6.07, 6.45) is 11.4. The van der Waals surface area contributed by atoms with Crippen LogP contribution in [0.3, 0.4) is 0 Å². The fourth-order valence-electron chi connectivity index (χ4n) is 3.63. The summed E-state index contributed by atoms with van der Waals surface area (Å²) in [6, 6.07) is 10.4. The number of aryl methyl sites for hydroxylation is 1. The molecule has 0 bridgehead atoms. The molecule has 6 heteroatoms. The Hall–Kier alpha value is -4.06. The van der Waals surface area contributed by atoms with Crippen molar-refractivity contribution in [3.8, 4) is 11.3 Å². The average molecular weight is 440 g/mol. The van der Waals surface area contributed by atoms with E-state index in [-0.39, 0.29) is 5.82 Å². The van der Waals surface area contributed by atoms with Crippen LogP contribution >= 0.6 is 0 Å².